The zero-order chi connectivity index (χ0) is 15.1. The number of fused-ring (bicyclic) bond motifs is 1. The molecule has 1 fully saturated rings. The molecule has 0 bridgehead atoms. The quantitative estimate of drug-likeness (QED) is 0.535. The normalized spacial score (nSPS) is 32.3. The molecule has 5 atom stereocenters. The number of nitrogens with zero attached hydrogens (tertiary/aromatic N) is 4. The summed E-state index contributed by atoms with van der Waals surface area (Å²) in [6, 6.07) is 0. The van der Waals surface area contributed by atoms with Crippen LogP contribution in [-0.4, -0.2) is 66.8 Å². The Morgan fingerprint density at radius 2 is 2.20 bits per heavy atom. The Hall–Kier alpha value is -1.81. The van der Waals surface area contributed by atoms with E-state index in [1.165, 1.54) is 17.2 Å². The van der Waals surface area contributed by atoms with Crippen LogP contribution in [0.2, 0.25) is 0 Å². The zero-order valence-electron chi connectivity index (χ0n) is 11.6. The highest BCUT2D eigenvalue weighted by Gasteiger charge is 2.43. The maximum Gasteiger partial charge on any atom is 0.167 e. The largest absolute Gasteiger partial charge is 0.394 e. The first kappa shape index (κ1) is 12.0. The number of aliphatic hydroxyl groups is 3. The predicted octanol–water partition coefficient (Wildman–Crippen LogP) is -1.52. The highest BCUT2D eigenvalue weighted by atomic mass is 16.6. The van der Waals surface area contributed by atoms with Crippen LogP contribution in [0.15, 0.2) is 12.7 Å². The average molecular weight is 282 g/mol. The van der Waals surface area contributed by atoms with E-state index in [-0.39, 0.29) is 0 Å². The van der Waals surface area contributed by atoms with Crippen molar-refractivity contribution < 1.29 is 21.4 Å². The minimum Gasteiger partial charge on any atom is -0.394 e. The van der Waals surface area contributed by atoms with E-state index in [4.69, 9.17) is 6.11 Å². The molecule has 1 unspecified atom stereocenters. The van der Waals surface area contributed by atoms with Crippen molar-refractivity contribution in [3.05, 3.63) is 12.7 Å². The first-order valence-electron chi connectivity index (χ1n) is 6.59. The van der Waals surface area contributed by atoms with Crippen LogP contribution in [0.4, 0.5) is 5.82 Å². The van der Waals surface area contributed by atoms with Crippen LogP contribution in [-0.2, 0) is 4.74 Å². The molecule has 0 aromatic carbocycles. The molecule has 9 heteroatoms. The van der Waals surface area contributed by atoms with Gasteiger partial charge in [0.05, 0.1) is 14.3 Å². The van der Waals surface area contributed by atoms with Gasteiger partial charge in [-0.3, -0.25) is 4.57 Å². The van der Waals surface area contributed by atoms with Gasteiger partial charge in [-0.25, -0.2) is 15.0 Å². The highest BCUT2D eigenvalue weighted by Crippen LogP contribution is 2.31. The maximum absolute atomic E-state index is 10.1. The second kappa shape index (κ2) is 4.94. The Bertz CT molecular complexity index is 651. The van der Waals surface area contributed by atoms with E-state index in [2.05, 4.69) is 20.3 Å². The molecule has 0 aliphatic carbocycles. The van der Waals surface area contributed by atoms with Crippen LogP contribution in [0.25, 0.3) is 11.2 Å². The first-order valence-corrected chi connectivity index (χ1v) is 6.01. The van der Waals surface area contributed by atoms with E-state index in [0.29, 0.717) is 17.0 Å². The molecule has 3 heterocycles. The number of imidazole rings is 1. The van der Waals surface area contributed by atoms with Crippen molar-refractivity contribution in [3.63, 3.8) is 0 Å². The minimum absolute atomic E-state index is 0.408. The summed E-state index contributed by atoms with van der Waals surface area (Å²) >= 11 is 0. The Balaban J connectivity index is 2.02. The topological polar surface area (TPSA) is 126 Å². The predicted molar refractivity (Wildman–Crippen MR) is 67.9 cm³/mol. The van der Waals surface area contributed by atoms with Crippen LogP contribution in [0.3, 0.4) is 0 Å². The van der Waals surface area contributed by atoms with Gasteiger partial charge in [0, 0.05) is 7.05 Å². The summed E-state index contributed by atoms with van der Waals surface area (Å²) < 4.78 is 14.1. The molecular formula is C11H15N5O4. The number of anilines is 1. The number of hydrogen-bond acceptors (Lipinski definition) is 8. The fourth-order valence-corrected chi connectivity index (χ4v) is 2.26. The zero-order valence-corrected chi connectivity index (χ0v) is 10.6. The smallest absolute Gasteiger partial charge is 0.167 e. The summed E-state index contributed by atoms with van der Waals surface area (Å²) in [7, 11) is 1.69. The third kappa shape index (κ3) is 1.83. The van der Waals surface area contributed by atoms with Crippen LogP contribution in [0, 0.1) is 0 Å². The van der Waals surface area contributed by atoms with Gasteiger partial charge in [0.25, 0.3) is 0 Å². The molecule has 0 spiro atoms. The number of rotatable bonds is 3. The SMILES string of the molecule is [2H]C(O)[C@H]1O[C@@H](n2cnc3c(NC)ncnc32)[C@H](O)[C@@H]1O. The molecule has 108 valence electrons. The van der Waals surface area contributed by atoms with Gasteiger partial charge < -0.3 is 25.4 Å². The Kier molecular flexibility index (Phi) is 2.96. The molecule has 2 aromatic rings. The Labute approximate surface area is 115 Å². The number of aliphatic hydroxyl groups excluding tert-OH is 3. The van der Waals surface area contributed by atoms with Crippen LogP contribution in [0.1, 0.15) is 7.60 Å². The molecule has 0 amide bonds. The van der Waals surface area contributed by atoms with Gasteiger partial charge >= 0.3 is 0 Å². The summed E-state index contributed by atoms with van der Waals surface area (Å²) in [5, 5.41) is 32.0. The van der Waals surface area contributed by atoms with Crippen molar-refractivity contribution in [3.8, 4) is 0 Å². The van der Waals surface area contributed by atoms with E-state index >= 15 is 0 Å². The first-order chi connectivity index (χ1) is 10.0. The lowest BCUT2D eigenvalue weighted by Crippen LogP contribution is -2.33. The van der Waals surface area contributed by atoms with Gasteiger partial charge in [0.2, 0.25) is 0 Å². The summed E-state index contributed by atoms with van der Waals surface area (Å²) in [6.45, 7) is -1.66. The van der Waals surface area contributed by atoms with Crippen molar-refractivity contribution in [1.29, 1.82) is 0 Å². The maximum atomic E-state index is 10.1. The van der Waals surface area contributed by atoms with Crippen LogP contribution >= 0.6 is 0 Å². The molecule has 2 aromatic heterocycles. The minimum atomic E-state index is -1.66. The molecule has 0 radical (unpaired) electrons. The van der Waals surface area contributed by atoms with Crippen LogP contribution < -0.4 is 5.32 Å². The molecule has 1 saturated heterocycles. The van der Waals surface area contributed by atoms with Crippen molar-refractivity contribution in [2.45, 2.75) is 24.5 Å². The van der Waals surface area contributed by atoms with Crippen molar-refractivity contribution in [2.24, 2.45) is 0 Å². The lowest BCUT2D eigenvalue weighted by Gasteiger charge is -2.16. The molecule has 4 N–H and O–H groups in total. The molecule has 9 nitrogen and oxygen atoms in total. The van der Waals surface area contributed by atoms with E-state index < -0.39 is 31.1 Å². The molecule has 1 aliphatic heterocycles. The molecule has 20 heavy (non-hydrogen) atoms. The number of nitrogens with one attached hydrogen (secondary N) is 1. The van der Waals surface area contributed by atoms with E-state index in [9.17, 15) is 15.3 Å². The van der Waals surface area contributed by atoms with Crippen molar-refractivity contribution >= 4 is 17.0 Å². The number of aromatic nitrogens is 4. The second-order valence-corrected chi connectivity index (χ2v) is 4.42. The summed E-state index contributed by atoms with van der Waals surface area (Å²) in [4.78, 5) is 12.3. The van der Waals surface area contributed by atoms with Gasteiger partial charge in [0.1, 0.15) is 30.2 Å². The van der Waals surface area contributed by atoms with Crippen molar-refractivity contribution in [2.75, 3.05) is 18.9 Å². The summed E-state index contributed by atoms with van der Waals surface area (Å²) in [6.07, 6.45) is -2.13. The summed E-state index contributed by atoms with van der Waals surface area (Å²) in [5.74, 6) is 0.517. The third-order valence-electron chi connectivity index (χ3n) is 3.29. The molecule has 1 aliphatic rings. The Morgan fingerprint density at radius 3 is 2.85 bits per heavy atom. The van der Waals surface area contributed by atoms with Gasteiger partial charge in [-0.05, 0) is 0 Å². The lowest BCUT2D eigenvalue weighted by molar-refractivity contribution is -0.0511. The number of ether oxygens (including phenoxy) is 1. The highest BCUT2D eigenvalue weighted by molar-refractivity contribution is 5.82. The number of hydrogen-bond donors (Lipinski definition) is 4. The van der Waals surface area contributed by atoms with E-state index in [1.807, 2.05) is 0 Å². The molecule has 0 saturated carbocycles. The fourth-order valence-electron chi connectivity index (χ4n) is 2.26. The molecule has 3 rings (SSSR count). The fraction of sp³-hybridized carbons (Fsp3) is 0.545. The monoisotopic (exact) mass is 282 g/mol. The van der Waals surface area contributed by atoms with E-state index in [1.54, 1.807) is 7.05 Å². The average Bonchev–Trinajstić information content (AvgIpc) is 3.01. The Morgan fingerprint density at radius 1 is 1.40 bits per heavy atom. The second-order valence-electron chi connectivity index (χ2n) is 4.42. The van der Waals surface area contributed by atoms with Gasteiger partial charge in [-0.2, -0.15) is 0 Å². The molecular weight excluding hydrogens is 266 g/mol. The van der Waals surface area contributed by atoms with Gasteiger partial charge in [0.15, 0.2) is 17.7 Å². The standard InChI is InChI=1S/C11H15N5O4/c1-12-9-6-10(14-3-13-9)16(4-15-6)11-8(19)7(18)5(2-17)20-11/h3-5,7-8,11,17-19H,2H2,1H3,(H,12,13,14)/t5-,7-,8-,11-/m1/s1/i2D/t2?,5-,7-,8-,11-. The van der Waals surface area contributed by atoms with Gasteiger partial charge in [-0.1, -0.05) is 0 Å². The lowest BCUT2D eigenvalue weighted by atomic mass is 10.1. The van der Waals surface area contributed by atoms with Gasteiger partial charge in [-0.15, -0.1) is 0 Å². The van der Waals surface area contributed by atoms with Crippen molar-refractivity contribution in [1.82, 2.24) is 19.5 Å². The third-order valence-corrected chi connectivity index (χ3v) is 3.29. The van der Waals surface area contributed by atoms with E-state index in [0.717, 1.165) is 0 Å². The van der Waals surface area contributed by atoms with Crippen LogP contribution in [0.5, 0.6) is 0 Å². The summed E-state index contributed by atoms with van der Waals surface area (Å²) in [5.41, 5.74) is 0.894.